The molecular weight excluding hydrogens is 706 g/mol. The van der Waals surface area contributed by atoms with Crippen LogP contribution < -0.4 is 27.0 Å². The van der Waals surface area contributed by atoms with Gasteiger partial charge in [0.2, 0.25) is 35.4 Å². The van der Waals surface area contributed by atoms with E-state index in [1.54, 1.807) is 13.8 Å². The van der Waals surface area contributed by atoms with Crippen LogP contribution >= 0.6 is 0 Å². The third-order valence-electron chi connectivity index (χ3n) is 9.42. The van der Waals surface area contributed by atoms with Crippen molar-refractivity contribution in [1.82, 2.24) is 31.1 Å². The van der Waals surface area contributed by atoms with Crippen molar-refractivity contribution in [3.8, 4) is 0 Å². The lowest BCUT2D eigenvalue weighted by Crippen LogP contribution is -2.61. The van der Waals surface area contributed by atoms with Crippen molar-refractivity contribution in [3.05, 3.63) is 35.9 Å². The number of nitrogens with two attached hydrogens (primary N) is 1. The van der Waals surface area contributed by atoms with E-state index in [9.17, 15) is 53.7 Å². The summed E-state index contributed by atoms with van der Waals surface area (Å²) in [7, 11) is 0. The lowest BCUT2D eigenvalue weighted by atomic mass is 10.0. The molecule has 0 radical (unpaired) electrons. The van der Waals surface area contributed by atoms with E-state index in [1.165, 1.54) is 23.6 Å². The van der Waals surface area contributed by atoms with Gasteiger partial charge in [-0.05, 0) is 63.9 Å². The molecule has 9 N–H and O–H groups in total. The molecule has 0 aliphatic carbocycles. The minimum absolute atomic E-state index is 0.0760. The van der Waals surface area contributed by atoms with Gasteiger partial charge in [-0.2, -0.15) is 0 Å². The highest BCUT2D eigenvalue weighted by atomic mass is 16.4. The third kappa shape index (κ3) is 12.0. The maximum absolute atomic E-state index is 13.8. The van der Waals surface area contributed by atoms with E-state index in [-0.39, 0.29) is 44.7 Å². The van der Waals surface area contributed by atoms with E-state index in [1.807, 2.05) is 30.3 Å². The maximum Gasteiger partial charge on any atom is 0.325 e. The Hall–Kier alpha value is -5.10. The Morgan fingerprint density at radius 2 is 1.30 bits per heavy atom. The summed E-state index contributed by atoms with van der Waals surface area (Å²) < 4.78 is 0. The van der Waals surface area contributed by atoms with E-state index in [0.29, 0.717) is 12.8 Å². The topological polar surface area (TPSA) is 278 Å². The Balaban J connectivity index is 1.73. The monoisotopic (exact) mass is 759 g/mol. The van der Waals surface area contributed by atoms with E-state index in [0.717, 1.165) is 5.56 Å². The molecule has 0 spiro atoms. The first-order valence-electron chi connectivity index (χ1n) is 18.2. The summed E-state index contributed by atoms with van der Waals surface area (Å²) in [4.78, 5) is 106. The van der Waals surface area contributed by atoms with Crippen LogP contribution in [-0.4, -0.2) is 134 Å². The molecule has 2 heterocycles. The van der Waals surface area contributed by atoms with Crippen LogP contribution in [0.5, 0.6) is 0 Å². The highest BCUT2D eigenvalue weighted by Gasteiger charge is 2.41. The minimum atomic E-state index is -1.76. The molecule has 0 aromatic heterocycles. The fourth-order valence-corrected chi connectivity index (χ4v) is 6.61. The molecule has 6 amide bonds. The van der Waals surface area contributed by atoms with Crippen molar-refractivity contribution in [1.29, 1.82) is 0 Å². The number of likely N-dealkylation sites (tertiary alicyclic amines) is 2. The van der Waals surface area contributed by atoms with Crippen molar-refractivity contribution in [2.75, 3.05) is 13.1 Å². The first-order chi connectivity index (χ1) is 25.4. The molecule has 18 heteroatoms. The van der Waals surface area contributed by atoms with Crippen LogP contribution in [0.4, 0.5) is 0 Å². The van der Waals surface area contributed by atoms with Gasteiger partial charge in [-0.3, -0.25) is 38.4 Å². The predicted molar refractivity (Wildman–Crippen MR) is 192 cm³/mol. The van der Waals surface area contributed by atoms with Gasteiger partial charge < -0.3 is 52.1 Å². The second-order valence-corrected chi connectivity index (χ2v) is 14.3. The fraction of sp³-hybridized carbons (Fsp3) is 0.611. The molecule has 2 saturated heterocycles. The molecule has 0 unspecified atom stereocenters. The molecule has 2 aliphatic rings. The number of amides is 6. The molecule has 54 heavy (non-hydrogen) atoms. The Morgan fingerprint density at radius 1 is 0.759 bits per heavy atom. The van der Waals surface area contributed by atoms with Crippen LogP contribution in [0.1, 0.15) is 71.8 Å². The number of carbonyl (C=O) groups excluding carboxylic acids is 6. The maximum atomic E-state index is 13.8. The molecule has 8 atom stereocenters. The quantitative estimate of drug-likeness (QED) is 0.0848. The van der Waals surface area contributed by atoms with Gasteiger partial charge in [0.25, 0.3) is 0 Å². The number of nitrogens with zero attached hydrogens (tertiary/aromatic N) is 2. The summed E-state index contributed by atoms with van der Waals surface area (Å²) in [6.45, 7) is 6.43. The van der Waals surface area contributed by atoms with Gasteiger partial charge in [-0.15, -0.1) is 0 Å². The van der Waals surface area contributed by atoms with Crippen LogP contribution in [0.25, 0.3) is 0 Å². The number of aliphatic hydroxyl groups is 1. The van der Waals surface area contributed by atoms with E-state index >= 15 is 0 Å². The standard InChI is InChI=1S/C36H53N7O11/c1-19(2)16-25(35(52)43-15-9-12-26(43)31(48)38-20(3)36(53)54)40-30(47)24(18-28(45)46)39-33(50)29(21(4)44)41-32(49)27-13-8-14-42(27)34(51)23(37)17-22-10-6-5-7-11-22/h5-7,10-11,19-21,23-27,29,44H,8-9,12-18,37H2,1-4H3,(H,38,48)(H,39,50)(H,40,47)(H,41,49)(H,45,46)(H,53,54)/t20-,21+,23-,24-,25-,26-,27-,29-/m0/s1. The number of carbonyl (C=O) groups is 8. The number of carboxylic acid groups (broad SMARTS) is 2. The molecule has 1 aromatic rings. The van der Waals surface area contributed by atoms with Crippen LogP contribution in [0.2, 0.25) is 0 Å². The largest absolute Gasteiger partial charge is 0.481 e. The molecule has 2 aliphatic heterocycles. The summed E-state index contributed by atoms with van der Waals surface area (Å²) in [5.74, 6) is -7.57. The molecule has 298 valence electrons. The van der Waals surface area contributed by atoms with Crippen molar-refractivity contribution in [3.63, 3.8) is 0 Å². The summed E-state index contributed by atoms with van der Waals surface area (Å²) in [6.07, 6.45) is -0.703. The van der Waals surface area contributed by atoms with Gasteiger partial charge in [0.05, 0.1) is 18.6 Å². The lowest BCUT2D eigenvalue weighted by Gasteiger charge is -2.31. The van der Waals surface area contributed by atoms with Gasteiger partial charge in [-0.25, -0.2) is 0 Å². The molecule has 1 aromatic carbocycles. The van der Waals surface area contributed by atoms with Crippen molar-refractivity contribution in [2.24, 2.45) is 11.7 Å². The molecule has 3 rings (SSSR count). The summed E-state index contributed by atoms with van der Waals surface area (Å²) >= 11 is 0. The first-order valence-corrected chi connectivity index (χ1v) is 18.2. The lowest BCUT2D eigenvalue weighted by molar-refractivity contribution is -0.145. The number of rotatable bonds is 18. The Kier molecular flexibility index (Phi) is 15.9. The zero-order valence-corrected chi connectivity index (χ0v) is 31.0. The first kappa shape index (κ1) is 43.3. The van der Waals surface area contributed by atoms with Crippen LogP contribution in [0, 0.1) is 5.92 Å². The highest BCUT2D eigenvalue weighted by molar-refractivity contribution is 5.98. The zero-order chi connectivity index (χ0) is 40.3. The van der Waals surface area contributed by atoms with E-state index in [4.69, 9.17) is 5.73 Å². The minimum Gasteiger partial charge on any atom is -0.481 e. The number of benzene rings is 1. The summed E-state index contributed by atoms with van der Waals surface area (Å²) in [5, 5.41) is 38.9. The molecule has 0 saturated carbocycles. The van der Waals surface area contributed by atoms with Gasteiger partial charge in [0.1, 0.15) is 36.3 Å². The van der Waals surface area contributed by atoms with Crippen LogP contribution in [0.3, 0.4) is 0 Å². The molecule has 0 bridgehead atoms. The van der Waals surface area contributed by atoms with Crippen LogP contribution in [-0.2, 0) is 44.8 Å². The smallest absolute Gasteiger partial charge is 0.325 e. The average Bonchev–Trinajstić information content (AvgIpc) is 3.80. The zero-order valence-electron chi connectivity index (χ0n) is 31.0. The predicted octanol–water partition coefficient (Wildman–Crippen LogP) is -1.52. The molecule has 2 fully saturated rings. The molecule has 18 nitrogen and oxygen atoms in total. The number of hydrogen-bond acceptors (Lipinski definition) is 10. The third-order valence-corrected chi connectivity index (χ3v) is 9.42. The summed E-state index contributed by atoms with van der Waals surface area (Å²) in [5.41, 5.74) is 7.03. The fourth-order valence-electron chi connectivity index (χ4n) is 6.61. The number of carboxylic acids is 2. The second kappa shape index (κ2) is 19.8. The van der Waals surface area contributed by atoms with Gasteiger partial charge >= 0.3 is 11.9 Å². The number of aliphatic carboxylic acids is 2. The summed E-state index contributed by atoms with van der Waals surface area (Å²) in [6, 6.07) is 0.284. The van der Waals surface area contributed by atoms with Crippen LogP contribution in [0.15, 0.2) is 30.3 Å². The Bertz CT molecular complexity index is 1540. The van der Waals surface area contributed by atoms with Crippen molar-refractivity contribution >= 4 is 47.4 Å². The van der Waals surface area contributed by atoms with Gasteiger partial charge in [-0.1, -0.05) is 44.2 Å². The van der Waals surface area contributed by atoms with E-state index < -0.39 is 102 Å². The van der Waals surface area contributed by atoms with Crippen molar-refractivity contribution in [2.45, 2.75) is 121 Å². The van der Waals surface area contributed by atoms with Gasteiger partial charge in [0.15, 0.2) is 0 Å². The average molecular weight is 760 g/mol. The second-order valence-electron chi connectivity index (χ2n) is 14.3. The van der Waals surface area contributed by atoms with E-state index in [2.05, 4.69) is 21.3 Å². The molecular formula is C36H53N7O11. The number of aliphatic hydroxyl groups excluding tert-OH is 1. The SMILES string of the molecule is CC(C)C[C@H](NC(=O)[C@H](CC(=O)O)NC(=O)[C@@H](NC(=O)[C@@H]1CCCN1C(=O)[C@@H](N)Cc1ccccc1)[C@@H](C)O)C(=O)N1CCC[C@H]1C(=O)N[C@@H](C)C(=O)O. The number of nitrogens with one attached hydrogen (secondary N) is 4. The highest BCUT2D eigenvalue weighted by Crippen LogP contribution is 2.22. The Morgan fingerprint density at radius 3 is 1.81 bits per heavy atom. The Labute approximate surface area is 313 Å². The normalized spacial score (nSPS) is 20.2. The van der Waals surface area contributed by atoms with Crippen molar-refractivity contribution < 1.29 is 53.7 Å². The van der Waals surface area contributed by atoms with Gasteiger partial charge in [0, 0.05) is 13.1 Å². The number of hydrogen-bond donors (Lipinski definition) is 8.